The van der Waals surface area contributed by atoms with E-state index in [4.69, 9.17) is 36.7 Å². The van der Waals surface area contributed by atoms with Gasteiger partial charge in [-0.3, -0.25) is 14.8 Å². The maximum atomic E-state index is 13.2. The van der Waals surface area contributed by atoms with Crippen molar-refractivity contribution in [1.82, 2.24) is 15.1 Å². The van der Waals surface area contributed by atoms with Gasteiger partial charge in [-0.2, -0.15) is 0 Å². The Hall–Kier alpha value is -3.51. The normalized spacial score (nSPS) is 24.4. The SMILES string of the molecule is CCCCCCCCC[C@@H]1CC2CCC3[C@@H](C(=O)OCCCCCCCCC[C@H]4N=C(N)N5CCCC5=C4C(=O)OCCCCN=C(N)N)CN=C(N1)N23. The highest BCUT2D eigenvalue weighted by molar-refractivity contribution is 5.95. The standard InChI is InChI=1S/C41H71N9O4/c1-2-3-4-5-7-10-13-19-30-28-31-22-23-34-32(29-46-41(47-30)50(31)34)37(51)53-26-16-12-9-6-8-11-14-20-33-36(35-21-18-25-49(35)40(44)48-33)38(52)54-27-17-15-24-45-39(42)43/h30-34H,2-29H2,1H3,(H2,44,48)(H,46,47)(H4,42,43,45)/t30-,31?,32+,33-,34?/m1/s1. The Morgan fingerprint density at radius 2 is 1.56 bits per heavy atom. The zero-order valence-corrected chi connectivity index (χ0v) is 33.3. The molecule has 13 nitrogen and oxygen atoms in total. The molecule has 2 unspecified atom stereocenters. The summed E-state index contributed by atoms with van der Waals surface area (Å²) in [5.41, 5.74) is 18.7. The van der Waals surface area contributed by atoms with Crippen molar-refractivity contribution in [2.45, 2.75) is 179 Å². The molecular formula is C41H71N9O4. The van der Waals surface area contributed by atoms with E-state index in [0.29, 0.717) is 56.3 Å². The summed E-state index contributed by atoms with van der Waals surface area (Å²) in [7, 11) is 0. The predicted octanol–water partition coefficient (Wildman–Crippen LogP) is 5.62. The molecule has 5 aliphatic heterocycles. The van der Waals surface area contributed by atoms with E-state index in [1.807, 2.05) is 4.90 Å². The van der Waals surface area contributed by atoms with Crippen molar-refractivity contribution in [3.63, 3.8) is 0 Å². The maximum absolute atomic E-state index is 13.2. The van der Waals surface area contributed by atoms with E-state index in [-0.39, 0.29) is 35.9 Å². The van der Waals surface area contributed by atoms with E-state index in [1.54, 1.807) is 0 Å². The zero-order valence-electron chi connectivity index (χ0n) is 33.3. The fourth-order valence-corrected chi connectivity index (χ4v) is 9.14. The van der Waals surface area contributed by atoms with Crippen LogP contribution in [0.25, 0.3) is 0 Å². The number of nitrogens with zero attached hydrogens (tertiary/aromatic N) is 5. The molecule has 5 atom stereocenters. The van der Waals surface area contributed by atoms with E-state index < -0.39 is 0 Å². The van der Waals surface area contributed by atoms with Gasteiger partial charge in [-0.15, -0.1) is 0 Å². The fourth-order valence-electron chi connectivity index (χ4n) is 9.14. The Morgan fingerprint density at radius 1 is 0.870 bits per heavy atom. The van der Waals surface area contributed by atoms with Gasteiger partial charge in [0.1, 0.15) is 0 Å². The van der Waals surface area contributed by atoms with Crippen LogP contribution in [0.4, 0.5) is 0 Å². The van der Waals surface area contributed by atoms with Crippen LogP contribution in [0.5, 0.6) is 0 Å². The van der Waals surface area contributed by atoms with Crippen LogP contribution in [-0.4, -0.2) is 96.6 Å². The van der Waals surface area contributed by atoms with Gasteiger partial charge in [-0.1, -0.05) is 90.4 Å². The van der Waals surface area contributed by atoms with Gasteiger partial charge >= 0.3 is 11.9 Å². The smallest absolute Gasteiger partial charge is 0.337 e. The summed E-state index contributed by atoms with van der Waals surface area (Å²) in [5, 5.41) is 3.74. The van der Waals surface area contributed by atoms with Crippen molar-refractivity contribution in [2.75, 3.05) is 32.8 Å². The number of aliphatic imine (C=N–C) groups is 3. The molecule has 0 aromatic rings. The van der Waals surface area contributed by atoms with Gasteiger partial charge in [-0.25, -0.2) is 9.79 Å². The second kappa shape index (κ2) is 22.1. The largest absolute Gasteiger partial charge is 0.465 e. The Balaban J connectivity index is 0.927. The van der Waals surface area contributed by atoms with Crippen LogP contribution in [0.2, 0.25) is 0 Å². The van der Waals surface area contributed by atoms with Crippen molar-refractivity contribution in [2.24, 2.45) is 38.1 Å². The molecule has 5 heterocycles. The third kappa shape index (κ3) is 12.0. The van der Waals surface area contributed by atoms with Crippen LogP contribution in [0, 0.1) is 5.92 Å². The number of hydrogen-bond donors (Lipinski definition) is 4. The van der Waals surface area contributed by atoms with Gasteiger partial charge in [0.05, 0.1) is 37.3 Å². The molecule has 304 valence electrons. The van der Waals surface area contributed by atoms with Crippen LogP contribution >= 0.6 is 0 Å². The number of unbranched alkanes of at least 4 members (excludes halogenated alkanes) is 13. The quantitative estimate of drug-likeness (QED) is 0.0395. The van der Waals surface area contributed by atoms with Crippen LogP contribution in [-0.2, 0) is 19.1 Å². The highest BCUT2D eigenvalue weighted by atomic mass is 16.5. The first kappa shape index (κ1) is 41.6. The molecule has 0 aromatic carbocycles. The first-order valence-corrected chi connectivity index (χ1v) is 21.7. The summed E-state index contributed by atoms with van der Waals surface area (Å²) in [4.78, 5) is 44.4. The lowest BCUT2D eigenvalue weighted by Crippen LogP contribution is -2.61. The molecule has 0 bridgehead atoms. The highest BCUT2D eigenvalue weighted by Gasteiger charge is 2.48. The van der Waals surface area contributed by atoms with Crippen LogP contribution in [0.1, 0.15) is 155 Å². The van der Waals surface area contributed by atoms with E-state index >= 15 is 0 Å². The van der Waals surface area contributed by atoms with Crippen LogP contribution in [0.3, 0.4) is 0 Å². The molecule has 0 aliphatic carbocycles. The van der Waals surface area contributed by atoms with Crippen LogP contribution in [0.15, 0.2) is 26.2 Å². The van der Waals surface area contributed by atoms with Gasteiger partial charge in [0.25, 0.3) is 0 Å². The zero-order chi connectivity index (χ0) is 38.1. The molecule has 0 saturated carbocycles. The number of carbonyl (C=O) groups is 2. The average Bonchev–Trinajstić information content (AvgIpc) is 3.82. The Morgan fingerprint density at radius 3 is 2.31 bits per heavy atom. The molecule has 0 spiro atoms. The second-order valence-corrected chi connectivity index (χ2v) is 16.2. The number of esters is 2. The Bertz CT molecular complexity index is 1330. The Labute approximate surface area is 324 Å². The molecule has 5 rings (SSSR count). The van der Waals surface area contributed by atoms with Crippen LogP contribution < -0.4 is 22.5 Å². The summed E-state index contributed by atoms with van der Waals surface area (Å²) >= 11 is 0. The molecule has 7 N–H and O–H groups in total. The third-order valence-corrected chi connectivity index (χ3v) is 12.0. The average molecular weight is 754 g/mol. The van der Waals surface area contributed by atoms with Crippen molar-refractivity contribution in [1.29, 1.82) is 0 Å². The van der Waals surface area contributed by atoms with Gasteiger partial charge < -0.3 is 41.8 Å². The molecule has 0 radical (unpaired) electrons. The summed E-state index contributed by atoms with van der Waals surface area (Å²) in [5.74, 6) is 1.13. The minimum atomic E-state index is -0.278. The second-order valence-electron chi connectivity index (χ2n) is 16.2. The van der Waals surface area contributed by atoms with Gasteiger partial charge in [0.2, 0.25) is 0 Å². The lowest BCUT2D eigenvalue weighted by Gasteiger charge is -2.45. The number of fused-ring (bicyclic) bond motifs is 1. The molecule has 0 amide bonds. The summed E-state index contributed by atoms with van der Waals surface area (Å²) in [6, 6.07) is 0.988. The van der Waals surface area contributed by atoms with E-state index in [9.17, 15) is 9.59 Å². The number of allylic oxidation sites excluding steroid dienone is 1. The van der Waals surface area contributed by atoms with Gasteiger partial charge in [-0.05, 0) is 64.2 Å². The highest BCUT2D eigenvalue weighted by Crippen LogP contribution is 2.38. The maximum Gasteiger partial charge on any atom is 0.337 e. The lowest BCUT2D eigenvalue weighted by atomic mass is 9.95. The molecule has 54 heavy (non-hydrogen) atoms. The first-order valence-electron chi connectivity index (χ1n) is 21.7. The molecule has 3 saturated heterocycles. The summed E-state index contributed by atoms with van der Waals surface area (Å²) < 4.78 is 11.5. The van der Waals surface area contributed by atoms with Crippen molar-refractivity contribution >= 4 is 29.8 Å². The van der Waals surface area contributed by atoms with E-state index in [2.05, 4.69) is 22.1 Å². The van der Waals surface area contributed by atoms with Crippen molar-refractivity contribution in [3.05, 3.63) is 11.3 Å². The number of guanidine groups is 3. The lowest BCUT2D eigenvalue weighted by molar-refractivity contribution is -0.150. The van der Waals surface area contributed by atoms with E-state index in [0.717, 1.165) is 108 Å². The minimum Gasteiger partial charge on any atom is -0.465 e. The molecular weight excluding hydrogens is 683 g/mol. The number of nitrogens with one attached hydrogen (secondary N) is 1. The molecule has 5 aliphatic rings. The topological polar surface area (TPSA) is 186 Å². The summed E-state index contributed by atoms with van der Waals surface area (Å²) in [6.45, 7) is 4.94. The minimum absolute atomic E-state index is 0.0681. The molecule has 3 fully saturated rings. The van der Waals surface area contributed by atoms with Gasteiger partial charge in [0, 0.05) is 36.9 Å². The van der Waals surface area contributed by atoms with Gasteiger partial charge in [0.15, 0.2) is 17.9 Å². The fraction of sp³-hybridized carbons (Fsp3) is 0.829. The summed E-state index contributed by atoms with van der Waals surface area (Å²) in [6.07, 6.45) is 25.4. The number of carbonyl (C=O) groups excluding carboxylic acids is 2. The monoisotopic (exact) mass is 754 g/mol. The Kier molecular flexibility index (Phi) is 17.1. The first-order chi connectivity index (χ1) is 26.4. The number of hydrogen-bond acceptors (Lipinski definition) is 11. The third-order valence-electron chi connectivity index (χ3n) is 12.0. The predicted molar refractivity (Wildman–Crippen MR) is 216 cm³/mol. The molecule has 0 aromatic heterocycles. The number of rotatable bonds is 25. The van der Waals surface area contributed by atoms with Crippen molar-refractivity contribution < 1.29 is 19.1 Å². The number of nitrogens with two attached hydrogens (primary N) is 3. The van der Waals surface area contributed by atoms with Crippen molar-refractivity contribution in [3.8, 4) is 0 Å². The van der Waals surface area contributed by atoms with E-state index in [1.165, 1.54) is 51.4 Å². The molecule has 13 heteroatoms. The number of ether oxygens (including phenoxy) is 2.